The number of hydrogen-bond acceptors (Lipinski definition) is 8. The smallest absolute Gasteiger partial charge is 0.224 e. The number of nitrogens with zero attached hydrogens (tertiary/aromatic N) is 3. The number of para-hydroxylation sites is 1. The number of ether oxygens (including phenoxy) is 3. The summed E-state index contributed by atoms with van der Waals surface area (Å²) in [5.41, 5.74) is 1.80. The molecule has 10 heteroatoms. The number of benzene rings is 1. The molecule has 3 heterocycles. The first-order chi connectivity index (χ1) is 14.7. The average Bonchev–Trinajstić information content (AvgIpc) is 3.16. The van der Waals surface area contributed by atoms with Crippen LogP contribution in [0.15, 0.2) is 30.5 Å². The molecule has 0 atom stereocenters. The topological polar surface area (TPSA) is 111 Å². The zero-order valence-electron chi connectivity index (χ0n) is 16.9. The molecule has 0 radical (unpaired) electrons. The highest BCUT2D eigenvalue weighted by atomic mass is 16.6. The van der Waals surface area contributed by atoms with Gasteiger partial charge in [-0.1, -0.05) is 6.07 Å². The number of nitrogens with one attached hydrogen (secondary N) is 3. The molecule has 30 heavy (non-hydrogen) atoms. The molecule has 0 bridgehead atoms. The maximum Gasteiger partial charge on any atom is 0.224 e. The Morgan fingerprint density at radius 2 is 2.13 bits per heavy atom. The molecule has 0 saturated heterocycles. The van der Waals surface area contributed by atoms with E-state index in [1.807, 2.05) is 24.3 Å². The Bertz CT molecular complexity index is 1050. The first-order valence-corrected chi connectivity index (χ1v) is 9.70. The lowest BCUT2D eigenvalue weighted by Gasteiger charge is -2.21. The number of carbonyl (C=O) groups excluding carboxylic acids is 1. The van der Waals surface area contributed by atoms with Crippen molar-refractivity contribution in [1.82, 2.24) is 14.6 Å². The van der Waals surface area contributed by atoms with Gasteiger partial charge in [0.2, 0.25) is 5.91 Å². The second kappa shape index (κ2) is 8.87. The molecule has 0 saturated carbocycles. The second-order valence-electron chi connectivity index (χ2n) is 6.67. The molecule has 1 aromatic carbocycles. The summed E-state index contributed by atoms with van der Waals surface area (Å²) in [5.74, 6) is 2.51. The van der Waals surface area contributed by atoms with E-state index in [0.717, 1.165) is 5.69 Å². The quantitative estimate of drug-likeness (QED) is 0.484. The minimum Gasteiger partial charge on any atom is -0.486 e. The molecule has 0 aliphatic carbocycles. The Balaban J connectivity index is 1.62. The number of carbonyl (C=O) groups is 1. The first kappa shape index (κ1) is 19.8. The van der Waals surface area contributed by atoms with Crippen LogP contribution in [0.1, 0.15) is 12.8 Å². The Labute approximate surface area is 173 Å². The predicted octanol–water partition coefficient (Wildman–Crippen LogP) is 2.65. The van der Waals surface area contributed by atoms with E-state index in [2.05, 4.69) is 26.0 Å². The van der Waals surface area contributed by atoms with Crippen molar-refractivity contribution < 1.29 is 19.0 Å². The molecule has 1 aliphatic heterocycles. The minimum atomic E-state index is -0.115. The summed E-state index contributed by atoms with van der Waals surface area (Å²) in [7, 11) is 3.41. The maximum absolute atomic E-state index is 12.2. The van der Waals surface area contributed by atoms with Gasteiger partial charge < -0.3 is 30.2 Å². The number of methoxy groups -OCH3 is 1. The van der Waals surface area contributed by atoms with E-state index in [1.165, 1.54) is 0 Å². The van der Waals surface area contributed by atoms with Crippen LogP contribution in [0.25, 0.3) is 5.65 Å². The predicted molar refractivity (Wildman–Crippen MR) is 113 cm³/mol. The van der Waals surface area contributed by atoms with Gasteiger partial charge in [0.05, 0.1) is 11.9 Å². The van der Waals surface area contributed by atoms with E-state index in [4.69, 9.17) is 14.2 Å². The monoisotopic (exact) mass is 412 g/mol. The van der Waals surface area contributed by atoms with Crippen LogP contribution in [0.5, 0.6) is 11.5 Å². The van der Waals surface area contributed by atoms with Crippen LogP contribution >= 0.6 is 0 Å². The van der Waals surface area contributed by atoms with Crippen LogP contribution < -0.4 is 25.4 Å². The third-order valence-electron chi connectivity index (χ3n) is 4.58. The van der Waals surface area contributed by atoms with E-state index >= 15 is 0 Å². The zero-order valence-corrected chi connectivity index (χ0v) is 16.9. The summed E-state index contributed by atoms with van der Waals surface area (Å²) in [6.07, 6.45) is 2.59. The normalized spacial score (nSPS) is 12.6. The third kappa shape index (κ3) is 4.08. The molecule has 10 nitrogen and oxygen atoms in total. The van der Waals surface area contributed by atoms with Crippen molar-refractivity contribution in [3.63, 3.8) is 0 Å². The van der Waals surface area contributed by atoms with Gasteiger partial charge in [-0.15, -0.1) is 0 Å². The van der Waals surface area contributed by atoms with Gasteiger partial charge in [-0.05, 0) is 18.6 Å². The second-order valence-corrected chi connectivity index (χ2v) is 6.67. The summed E-state index contributed by atoms with van der Waals surface area (Å²) in [5, 5.41) is 13.6. The molecule has 2 aromatic heterocycles. The van der Waals surface area contributed by atoms with Gasteiger partial charge in [0.15, 0.2) is 17.1 Å². The van der Waals surface area contributed by atoms with Crippen LogP contribution in [0, 0.1) is 0 Å². The summed E-state index contributed by atoms with van der Waals surface area (Å²) in [6, 6.07) is 7.47. The number of fused-ring (bicyclic) bond motifs is 2. The van der Waals surface area contributed by atoms with Gasteiger partial charge in [-0.25, -0.2) is 4.98 Å². The van der Waals surface area contributed by atoms with E-state index in [1.54, 1.807) is 24.9 Å². The SMILES string of the molecule is CNc1cc(Nc2cccc3c2OCCO3)nc2c(NC(=O)CCCOC)cnn12. The van der Waals surface area contributed by atoms with Crippen molar-refractivity contribution in [3.8, 4) is 11.5 Å². The molecule has 0 fully saturated rings. The van der Waals surface area contributed by atoms with Crippen molar-refractivity contribution in [2.45, 2.75) is 12.8 Å². The van der Waals surface area contributed by atoms with Gasteiger partial charge >= 0.3 is 0 Å². The van der Waals surface area contributed by atoms with Crippen molar-refractivity contribution in [1.29, 1.82) is 0 Å². The molecule has 0 spiro atoms. The molecular formula is C20H24N6O4. The van der Waals surface area contributed by atoms with Gasteiger partial charge in [-0.2, -0.15) is 9.61 Å². The lowest BCUT2D eigenvalue weighted by Crippen LogP contribution is -2.16. The molecule has 158 valence electrons. The molecule has 3 aromatic rings. The molecular weight excluding hydrogens is 388 g/mol. The van der Waals surface area contributed by atoms with Crippen molar-refractivity contribution in [3.05, 3.63) is 30.5 Å². The highest BCUT2D eigenvalue weighted by molar-refractivity contribution is 5.94. The number of anilines is 4. The van der Waals surface area contributed by atoms with Crippen LogP contribution in [0.3, 0.4) is 0 Å². The van der Waals surface area contributed by atoms with Crippen molar-refractivity contribution in [2.75, 3.05) is 49.9 Å². The molecule has 4 rings (SSSR count). The van der Waals surface area contributed by atoms with Crippen LogP contribution in [-0.4, -0.2) is 54.5 Å². The lowest BCUT2D eigenvalue weighted by atomic mass is 10.2. The number of hydrogen-bond donors (Lipinski definition) is 3. The molecule has 1 aliphatic rings. The molecule has 3 N–H and O–H groups in total. The summed E-state index contributed by atoms with van der Waals surface area (Å²) >= 11 is 0. The van der Waals surface area contributed by atoms with Gasteiger partial charge in [-0.3, -0.25) is 4.79 Å². The first-order valence-electron chi connectivity index (χ1n) is 9.70. The minimum absolute atomic E-state index is 0.115. The fourth-order valence-electron chi connectivity index (χ4n) is 3.19. The standard InChI is InChI=1S/C20H24N6O4/c1-21-17-11-16(23-13-5-3-6-15-19(13)30-10-9-29-15)25-20-14(12-22-26(17)20)24-18(27)7-4-8-28-2/h3,5-6,11-12,21H,4,7-10H2,1-2H3,(H,23,25)(H,24,27). The van der Waals surface area contributed by atoms with E-state index in [0.29, 0.717) is 67.1 Å². The van der Waals surface area contributed by atoms with Crippen LogP contribution in [0.4, 0.5) is 23.0 Å². The van der Waals surface area contributed by atoms with E-state index < -0.39 is 0 Å². The largest absolute Gasteiger partial charge is 0.486 e. The van der Waals surface area contributed by atoms with Gasteiger partial charge in [0.1, 0.15) is 30.5 Å². The number of amides is 1. The Kier molecular flexibility index (Phi) is 5.84. The fraction of sp³-hybridized carbons (Fsp3) is 0.350. The number of rotatable bonds is 8. The Morgan fingerprint density at radius 3 is 2.97 bits per heavy atom. The Hall–Kier alpha value is -3.53. The summed E-state index contributed by atoms with van der Waals surface area (Å²) in [4.78, 5) is 16.9. The molecule has 1 amide bonds. The van der Waals surface area contributed by atoms with Crippen molar-refractivity contribution >= 4 is 34.6 Å². The Morgan fingerprint density at radius 1 is 1.27 bits per heavy atom. The zero-order chi connectivity index (χ0) is 20.9. The highest BCUT2D eigenvalue weighted by Gasteiger charge is 2.18. The fourth-order valence-corrected chi connectivity index (χ4v) is 3.19. The highest BCUT2D eigenvalue weighted by Crippen LogP contribution is 2.38. The van der Waals surface area contributed by atoms with E-state index in [-0.39, 0.29) is 5.91 Å². The van der Waals surface area contributed by atoms with Gasteiger partial charge in [0, 0.05) is 33.3 Å². The molecule has 0 unspecified atom stereocenters. The van der Waals surface area contributed by atoms with Crippen molar-refractivity contribution in [2.24, 2.45) is 0 Å². The lowest BCUT2D eigenvalue weighted by molar-refractivity contribution is -0.116. The van der Waals surface area contributed by atoms with Gasteiger partial charge in [0.25, 0.3) is 0 Å². The third-order valence-corrected chi connectivity index (χ3v) is 4.58. The summed E-state index contributed by atoms with van der Waals surface area (Å²) < 4.78 is 18.0. The average molecular weight is 412 g/mol. The van der Waals surface area contributed by atoms with E-state index in [9.17, 15) is 4.79 Å². The van der Waals surface area contributed by atoms with Crippen LogP contribution in [0.2, 0.25) is 0 Å². The summed E-state index contributed by atoms with van der Waals surface area (Å²) in [6.45, 7) is 1.54. The maximum atomic E-state index is 12.2. The number of aromatic nitrogens is 3. The van der Waals surface area contributed by atoms with Crippen LogP contribution in [-0.2, 0) is 9.53 Å².